The molecule has 4 N–H and O–H groups in total. The van der Waals surface area contributed by atoms with Crippen LogP contribution in [-0.2, 0) is 19.4 Å². The zero-order chi connectivity index (χ0) is 23.9. The number of aromatic nitrogens is 3. The van der Waals surface area contributed by atoms with Crippen LogP contribution in [0.5, 0.6) is 5.75 Å². The van der Waals surface area contributed by atoms with Gasteiger partial charge in [0, 0.05) is 5.39 Å². The molecule has 1 unspecified atom stereocenters. The lowest BCUT2D eigenvalue weighted by atomic mass is 9.92. The van der Waals surface area contributed by atoms with Crippen LogP contribution in [0.15, 0.2) is 60.9 Å². The molecular formula is C22H20N5O6P. The third kappa shape index (κ3) is 3.58. The topological polar surface area (TPSA) is 165 Å². The first-order chi connectivity index (χ1) is 16.4. The van der Waals surface area contributed by atoms with Crippen molar-refractivity contribution >= 4 is 30.4 Å². The highest BCUT2D eigenvalue weighted by molar-refractivity contribution is 7.33. The first kappa shape index (κ1) is 22.3. The summed E-state index contributed by atoms with van der Waals surface area (Å²) < 4.78 is 30.5. The Morgan fingerprint density at radius 2 is 2.00 bits per heavy atom. The summed E-state index contributed by atoms with van der Waals surface area (Å²) in [6, 6.07) is 17.8. The number of nitrogens with zero attached hydrogens (tertiary/aromatic N) is 4. The number of nitriles is 1. The Bertz CT molecular complexity index is 1430. The first-order valence-electron chi connectivity index (χ1n) is 10.3. The van der Waals surface area contributed by atoms with Crippen molar-refractivity contribution in [3.05, 3.63) is 66.6 Å². The van der Waals surface area contributed by atoms with Crippen molar-refractivity contribution in [3.63, 3.8) is 0 Å². The van der Waals surface area contributed by atoms with Gasteiger partial charge in [-0.3, -0.25) is 4.52 Å². The van der Waals surface area contributed by atoms with Crippen molar-refractivity contribution in [1.82, 2.24) is 14.6 Å². The quantitative estimate of drug-likeness (QED) is 0.346. The molecule has 3 heterocycles. The molecule has 2 aromatic heterocycles. The fraction of sp³-hybridized carbons (Fsp3) is 0.227. The highest BCUT2D eigenvalue weighted by Crippen LogP contribution is 2.41. The molecule has 0 spiro atoms. The summed E-state index contributed by atoms with van der Waals surface area (Å²) in [4.78, 5) is 3.89. The van der Waals surface area contributed by atoms with Crippen LogP contribution < -0.4 is 10.3 Å². The van der Waals surface area contributed by atoms with E-state index in [9.17, 15) is 20.0 Å². The summed E-state index contributed by atoms with van der Waals surface area (Å²) in [6.07, 6.45) is -3.10. The van der Waals surface area contributed by atoms with E-state index in [0.29, 0.717) is 11.3 Å². The second kappa shape index (κ2) is 8.68. The standard InChI is InChI=1S/C22H20N5O6P/c23-11-22(18-9-8-15-21(24)25-12-26-27(15)18)20(29)19(28)17(32-22)10-31-34(30)33-16-7-3-5-13-4-1-2-6-14(13)16/h1-9,12,17,19-20,28-29,34H,10H2,(H2,24,25,26)/t17-,19-,20-,22+/m1/s1. The predicted octanol–water partition coefficient (Wildman–Crippen LogP) is 1.79. The smallest absolute Gasteiger partial charge is 0.367 e. The monoisotopic (exact) mass is 481 g/mol. The van der Waals surface area contributed by atoms with Gasteiger partial charge in [0.25, 0.3) is 0 Å². The Labute approximate surface area is 193 Å². The minimum Gasteiger partial charge on any atom is -0.426 e. The van der Waals surface area contributed by atoms with Gasteiger partial charge in [0.05, 0.1) is 12.3 Å². The molecule has 0 aliphatic carbocycles. The molecular weight excluding hydrogens is 461 g/mol. The van der Waals surface area contributed by atoms with Gasteiger partial charge >= 0.3 is 8.25 Å². The van der Waals surface area contributed by atoms with Gasteiger partial charge in [-0.1, -0.05) is 36.4 Å². The third-order valence-electron chi connectivity index (χ3n) is 5.79. The van der Waals surface area contributed by atoms with E-state index in [1.54, 1.807) is 18.2 Å². The first-order valence-corrected chi connectivity index (χ1v) is 11.5. The van der Waals surface area contributed by atoms with E-state index < -0.39 is 32.2 Å². The number of nitrogen functional groups attached to an aromatic ring is 1. The number of hydrogen-bond acceptors (Lipinski definition) is 10. The van der Waals surface area contributed by atoms with Gasteiger partial charge in [-0.05, 0) is 23.6 Å². The number of benzene rings is 2. The zero-order valence-electron chi connectivity index (χ0n) is 17.6. The average Bonchev–Trinajstić information content (AvgIpc) is 3.39. The second-order valence-corrected chi connectivity index (χ2v) is 8.73. The number of nitrogens with two attached hydrogens (primary N) is 1. The second-order valence-electron chi connectivity index (χ2n) is 7.74. The Morgan fingerprint density at radius 1 is 1.21 bits per heavy atom. The maximum Gasteiger partial charge on any atom is 0.367 e. The van der Waals surface area contributed by atoms with Crippen LogP contribution in [0.2, 0.25) is 0 Å². The molecule has 4 aromatic rings. The van der Waals surface area contributed by atoms with Gasteiger partial charge in [-0.15, -0.1) is 0 Å². The van der Waals surface area contributed by atoms with Crippen LogP contribution in [0, 0.1) is 11.3 Å². The molecule has 2 aromatic carbocycles. The molecule has 5 atom stereocenters. The van der Waals surface area contributed by atoms with E-state index in [0.717, 1.165) is 10.8 Å². The van der Waals surface area contributed by atoms with Gasteiger partial charge < -0.3 is 25.2 Å². The fourth-order valence-electron chi connectivity index (χ4n) is 4.10. The molecule has 174 valence electrons. The van der Waals surface area contributed by atoms with Crippen molar-refractivity contribution in [1.29, 1.82) is 5.26 Å². The van der Waals surface area contributed by atoms with Crippen molar-refractivity contribution in [2.24, 2.45) is 0 Å². The fourth-order valence-corrected chi connectivity index (χ4v) is 4.82. The third-order valence-corrected chi connectivity index (χ3v) is 6.58. The van der Waals surface area contributed by atoms with Gasteiger partial charge in [0.15, 0.2) is 5.82 Å². The minimum atomic E-state index is -3.04. The summed E-state index contributed by atoms with van der Waals surface area (Å²) in [5, 5.41) is 37.0. The Kier molecular flexibility index (Phi) is 5.69. The molecule has 1 saturated heterocycles. The van der Waals surface area contributed by atoms with Crippen LogP contribution in [0.3, 0.4) is 0 Å². The molecule has 0 saturated carbocycles. The molecule has 5 rings (SSSR count). The molecule has 1 aliphatic heterocycles. The summed E-state index contributed by atoms with van der Waals surface area (Å²) >= 11 is 0. The summed E-state index contributed by atoms with van der Waals surface area (Å²) in [5.41, 5.74) is 4.45. The van der Waals surface area contributed by atoms with Crippen LogP contribution in [-0.4, -0.2) is 49.7 Å². The largest absolute Gasteiger partial charge is 0.426 e. The van der Waals surface area contributed by atoms with Crippen molar-refractivity contribution in [2.75, 3.05) is 12.3 Å². The van der Waals surface area contributed by atoms with E-state index in [2.05, 4.69) is 10.1 Å². The van der Waals surface area contributed by atoms with E-state index in [1.165, 1.54) is 16.9 Å². The molecule has 12 heteroatoms. The lowest BCUT2D eigenvalue weighted by Gasteiger charge is -2.24. The highest BCUT2D eigenvalue weighted by atomic mass is 31.1. The molecule has 1 aliphatic rings. The number of aliphatic hydroxyl groups excluding tert-OH is 2. The number of fused-ring (bicyclic) bond motifs is 2. The molecule has 0 bridgehead atoms. The Hall–Kier alpha value is -3.52. The Balaban J connectivity index is 1.34. The lowest BCUT2D eigenvalue weighted by Crippen LogP contribution is -2.41. The van der Waals surface area contributed by atoms with Crippen LogP contribution in [0.4, 0.5) is 5.82 Å². The summed E-state index contributed by atoms with van der Waals surface area (Å²) in [6.45, 7) is -0.384. The van der Waals surface area contributed by atoms with Crippen LogP contribution >= 0.6 is 8.25 Å². The summed E-state index contributed by atoms with van der Waals surface area (Å²) in [7, 11) is -3.04. The van der Waals surface area contributed by atoms with Crippen LogP contribution in [0.25, 0.3) is 16.3 Å². The van der Waals surface area contributed by atoms with E-state index >= 15 is 0 Å². The zero-order valence-corrected chi connectivity index (χ0v) is 18.6. The van der Waals surface area contributed by atoms with Gasteiger partial charge in [0.2, 0.25) is 5.60 Å². The summed E-state index contributed by atoms with van der Waals surface area (Å²) in [5.74, 6) is 0.560. The number of rotatable bonds is 6. The lowest BCUT2D eigenvalue weighted by molar-refractivity contribution is -0.0611. The minimum absolute atomic E-state index is 0.160. The van der Waals surface area contributed by atoms with E-state index in [-0.39, 0.29) is 18.1 Å². The molecule has 0 radical (unpaired) electrons. The Morgan fingerprint density at radius 3 is 2.82 bits per heavy atom. The number of anilines is 1. The number of ether oxygens (including phenoxy) is 1. The maximum atomic E-state index is 12.5. The van der Waals surface area contributed by atoms with Crippen molar-refractivity contribution in [2.45, 2.75) is 23.9 Å². The molecule has 1 fully saturated rings. The van der Waals surface area contributed by atoms with E-state index in [4.69, 9.17) is 19.5 Å². The molecule has 0 amide bonds. The average molecular weight is 481 g/mol. The van der Waals surface area contributed by atoms with Gasteiger partial charge in [-0.2, -0.15) is 10.4 Å². The van der Waals surface area contributed by atoms with Crippen LogP contribution in [0.1, 0.15) is 5.69 Å². The molecule has 11 nitrogen and oxygen atoms in total. The van der Waals surface area contributed by atoms with Gasteiger partial charge in [-0.25, -0.2) is 14.1 Å². The predicted molar refractivity (Wildman–Crippen MR) is 121 cm³/mol. The number of hydrogen-bond donors (Lipinski definition) is 3. The normalized spacial score (nSPS) is 25.4. The molecule has 34 heavy (non-hydrogen) atoms. The van der Waals surface area contributed by atoms with Crippen molar-refractivity contribution in [3.8, 4) is 11.8 Å². The SMILES string of the molecule is N#C[C@@]1(c2ccc3c(N)ncnn23)O[C@H](CO[PH](=O)Oc2cccc3ccccc23)[C@@H](O)[C@H]1O. The number of aliphatic hydroxyl groups is 2. The maximum absolute atomic E-state index is 12.5. The van der Waals surface area contributed by atoms with Crippen molar-refractivity contribution < 1.29 is 28.6 Å². The van der Waals surface area contributed by atoms with Gasteiger partial charge in [0.1, 0.15) is 42.0 Å². The van der Waals surface area contributed by atoms with E-state index in [1.807, 2.05) is 36.4 Å². The highest BCUT2D eigenvalue weighted by Gasteiger charge is 2.57.